The number of primary amides is 1. The minimum atomic E-state index is -0.632. The van der Waals surface area contributed by atoms with E-state index in [0.717, 1.165) is 5.56 Å². The number of amides is 3. The number of anilines is 2. The quantitative estimate of drug-likeness (QED) is 0.550. The molecule has 0 bridgehead atoms. The third-order valence-corrected chi connectivity index (χ3v) is 2.74. The smallest absolute Gasteiger partial charge is 0.316 e. The highest BCUT2D eigenvalue weighted by atomic mass is 16.2. The highest BCUT2D eigenvalue weighted by Gasteiger charge is 2.14. The Bertz CT molecular complexity index is 650. The molecule has 1 heterocycles. The molecule has 3 amide bonds. The molecule has 0 aliphatic heterocycles. The largest absolute Gasteiger partial charge is 0.366 e. The summed E-state index contributed by atoms with van der Waals surface area (Å²) in [7, 11) is 0. The molecule has 2 aromatic rings. The van der Waals surface area contributed by atoms with Gasteiger partial charge in [0, 0.05) is 5.69 Å². The molecule has 9 nitrogen and oxygen atoms in total. The second-order valence-electron chi connectivity index (χ2n) is 4.35. The minimum Gasteiger partial charge on any atom is -0.366 e. The normalized spacial score (nSPS) is 11.7. The number of rotatable bonds is 4. The van der Waals surface area contributed by atoms with Crippen molar-refractivity contribution in [1.82, 2.24) is 20.5 Å². The van der Waals surface area contributed by atoms with E-state index in [1.807, 2.05) is 6.92 Å². The van der Waals surface area contributed by atoms with Crippen molar-refractivity contribution in [3.05, 3.63) is 35.7 Å². The molecule has 21 heavy (non-hydrogen) atoms. The maximum Gasteiger partial charge on any atom is 0.316 e. The third-order valence-electron chi connectivity index (χ3n) is 2.74. The Balaban J connectivity index is 2.01. The standard InChI is InChI=1S/C12H15N7O2/c1-6(15-10(20)9-17-11(13)19-18-9)7-2-4-8(5-3-7)16-12(14)21/h2-6H,1H3,(H,15,20)(H3,14,16,21)(H3,13,17,18,19). The number of nitrogens with two attached hydrogens (primary N) is 2. The SMILES string of the molecule is CC(NC(=O)c1nc(N)n[nH]1)c1ccc(NC(N)=O)cc1. The number of nitrogen functional groups attached to an aromatic ring is 1. The number of H-pyrrole nitrogens is 1. The van der Waals surface area contributed by atoms with Gasteiger partial charge in [-0.1, -0.05) is 12.1 Å². The molecule has 110 valence electrons. The van der Waals surface area contributed by atoms with Crippen LogP contribution in [-0.2, 0) is 0 Å². The summed E-state index contributed by atoms with van der Waals surface area (Å²) >= 11 is 0. The first kappa shape index (κ1) is 14.3. The fourth-order valence-electron chi connectivity index (χ4n) is 1.72. The monoisotopic (exact) mass is 289 g/mol. The molecule has 2 rings (SSSR count). The van der Waals surface area contributed by atoms with Gasteiger partial charge in [-0.05, 0) is 24.6 Å². The van der Waals surface area contributed by atoms with Crippen LogP contribution in [0.1, 0.15) is 29.1 Å². The number of nitrogens with zero attached hydrogens (tertiary/aromatic N) is 2. The average Bonchev–Trinajstić information content (AvgIpc) is 2.85. The number of aromatic amines is 1. The van der Waals surface area contributed by atoms with Crippen molar-refractivity contribution in [2.75, 3.05) is 11.1 Å². The van der Waals surface area contributed by atoms with Crippen LogP contribution in [0.2, 0.25) is 0 Å². The topological polar surface area (TPSA) is 152 Å². The summed E-state index contributed by atoms with van der Waals surface area (Å²) in [5.74, 6) is -0.355. The van der Waals surface area contributed by atoms with Gasteiger partial charge in [0.15, 0.2) is 0 Å². The number of urea groups is 1. The van der Waals surface area contributed by atoms with Crippen molar-refractivity contribution < 1.29 is 9.59 Å². The Labute approximate surface area is 120 Å². The number of hydrogen-bond acceptors (Lipinski definition) is 5. The second-order valence-corrected chi connectivity index (χ2v) is 4.35. The lowest BCUT2D eigenvalue weighted by Gasteiger charge is -2.13. The zero-order valence-corrected chi connectivity index (χ0v) is 11.3. The average molecular weight is 289 g/mol. The summed E-state index contributed by atoms with van der Waals surface area (Å²) in [6.07, 6.45) is 0. The van der Waals surface area contributed by atoms with Gasteiger partial charge in [-0.2, -0.15) is 4.98 Å². The Morgan fingerprint density at radius 3 is 2.48 bits per heavy atom. The van der Waals surface area contributed by atoms with Crippen LogP contribution < -0.4 is 22.1 Å². The van der Waals surface area contributed by atoms with Gasteiger partial charge in [0.2, 0.25) is 11.8 Å². The van der Waals surface area contributed by atoms with E-state index in [1.54, 1.807) is 24.3 Å². The van der Waals surface area contributed by atoms with Gasteiger partial charge in [-0.15, -0.1) is 5.10 Å². The second kappa shape index (κ2) is 5.90. The van der Waals surface area contributed by atoms with E-state index in [4.69, 9.17) is 11.5 Å². The van der Waals surface area contributed by atoms with Crippen LogP contribution in [0.15, 0.2) is 24.3 Å². The lowest BCUT2D eigenvalue weighted by molar-refractivity contribution is 0.0930. The molecule has 1 unspecified atom stereocenters. The van der Waals surface area contributed by atoms with Gasteiger partial charge in [0.1, 0.15) is 0 Å². The van der Waals surface area contributed by atoms with Crippen molar-refractivity contribution in [2.24, 2.45) is 5.73 Å². The molecule has 0 spiro atoms. The summed E-state index contributed by atoms with van der Waals surface area (Å²) < 4.78 is 0. The van der Waals surface area contributed by atoms with Crippen LogP contribution >= 0.6 is 0 Å². The van der Waals surface area contributed by atoms with Crippen LogP contribution in [0.4, 0.5) is 16.4 Å². The van der Waals surface area contributed by atoms with Crippen molar-refractivity contribution in [2.45, 2.75) is 13.0 Å². The van der Waals surface area contributed by atoms with Crippen LogP contribution in [0.3, 0.4) is 0 Å². The molecule has 9 heteroatoms. The lowest BCUT2D eigenvalue weighted by Crippen LogP contribution is -2.27. The van der Waals surface area contributed by atoms with E-state index in [2.05, 4.69) is 25.8 Å². The first-order chi connectivity index (χ1) is 9.95. The van der Waals surface area contributed by atoms with Gasteiger partial charge in [-0.25, -0.2) is 4.79 Å². The molecule has 0 saturated carbocycles. The van der Waals surface area contributed by atoms with Crippen LogP contribution in [-0.4, -0.2) is 27.1 Å². The van der Waals surface area contributed by atoms with Gasteiger partial charge in [0.05, 0.1) is 6.04 Å². The zero-order valence-electron chi connectivity index (χ0n) is 11.3. The molecule has 1 atom stereocenters. The Kier molecular flexibility index (Phi) is 4.02. The van der Waals surface area contributed by atoms with Gasteiger partial charge >= 0.3 is 6.03 Å². The lowest BCUT2D eigenvalue weighted by atomic mass is 10.1. The number of nitrogens with one attached hydrogen (secondary N) is 3. The van der Waals surface area contributed by atoms with Gasteiger partial charge in [-0.3, -0.25) is 9.89 Å². The van der Waals surface area contributed by atoms with E-state index in [-0.39, 0.29) is 17.8 Å². The number of carbonyl (C=O) groups is 2. The predicted molar refractivity (Wildman–Crippen MR) is 76.3 cm³/mol. The Morgan fingerprint density at radius 1 is 1.29 bits per heavy atom. The number of hydrogen-bond donors (Lipinski definition) is 5. The van der Waals surface area contributed by atoms with Crippen molar-refractivity contribution in [3.63, 3.8) is 0 Å². The van der Waals surface area contributed by atoms with E-state index in [9.17, 15) is 9.59 Å². The number of carbonyl (C=O) groups excluding carboxylic acids is 2. The zero-order chi connectivity index (χ0) is 15.4. The van der Waals surface area contributed by atoms with E-state index < -0.39 is 11.9 Å². The Hall–Kier alpha value is -3.10. The van der Waals surface area contributed by atoms with Gasteiger partial charge < -0.3 is 22.1 Å². The van der Waals surface area contributed by atoms with E-state index in [1.165, 1.54) is 0 Å². The van der Waals surface area contributed by atoms with Crippen molar-refractivity contribution in [1.29, 1.82) is 0 Å². The fraction of sp³-hybridized carbons (Fsp3) is 0.167. The highest BCUT2D eigenvalue weighted by Crippen LogP contribution is 2.16. The van der Waals surface area contributed by atoms with Crippen LogP contribution in [0.5, 0.6) is 0 Å². The fourth-order valence-corrected chi connectivity index (χ4v) is 1.72. The molecule has 0 radical (unpaired) electrons. The maximum absolute atomic E-state index is 11.9. The van der Waals surface area contributed by atoms with Crippen molar-refractivity contribution >= 4 is 23.6 Å². The summed E-state index contributed by atoms with van der Waals surface area (Å²) in [4.78, 5) is 26.3. The summed E-state index contributed by atoms with van der Waals surface area (Å²) in [5.41, 5.74) is 11.8. The first-order valence-corrected chi connectivity index (χ1v) is 6.11. The van der Waals surface area contributed by atoms with E-state index in [0.29, 0.717) is 5.69 Å². The highest BCUT2D eigenvalue weighted by molar-refractivity contribution is 5.91. The molecular weight excluding hydrogens is 274 g/mol. The minimum absolute atomic E-state index is 0.00896. The van der Waals surface area contributed by atoms with Crippen molar-refractivity contribution in [3.8, 4) is 0 Å². The molecular formula is C12H15N7O2. The van der Waals surface area contributed by atoms with Crippen LogP contribution in [0.25, 0.3) is 0 Å². The molecule has 7 N–H and O–H groups in total. The maximum atomic E-state index is 11.9. The summed E-state index contributed by atoms with van der Waals surface area (Å²) in [6, 6.07) is 6.03. The molecule has 0 fully saturated rings. The molecule has 1 aromatic heterocycles. The molecule has 1 aromatic carbocycles. The number of benzene rings is 1. The van der Waals surface area contributed by atoms with E-state index >= 15 is 0 Å². The summed E-state index contributed by atoms with van der Waals surface area (Å²) in [5, 5.41) is 11.2. The molecule has 0 aliphatic carbocycles. The molecule has 0 saturated heterocycles. The predicted octanol–water partition coefficient (Wildman–Crippen LogP) is 0.368. The number of aromatic nitrogens is 3. The Morgan fingerprint density at radius 2 is 1.95 bits per heavy atom. The summed E-state index contributed by atoms with van der Waals surface area (Å²) in [6.45, 7) is 1.81. The first-order valence-electron chi connectivity index (χ1n) is 6.11. The molecule has 0 aliphatic rings. The third kappa shape index (κ3) is 3.69. The van der Waals surface area contributed by atoms with Gasteiger partial charge in [0.25, 0.3) is 5.91 Å². The van der Waals surface area contributed by atoms with Crippen LogP contribution in [0, 0.1) is 0 Å².